The van der Waals surface area contributed by atoms with Crippen LogP contribution in [0.5, 0.6) is 0 Å². The van der Waals surface area contributed by atoms with Gasteiger partial charge in [0, 0.05) is 12.8 Å². The van der Waals surface area contributed by atoms with Crippen molar-refractivity contribution in [1.29, 1.82) is 0 Å². The van der Waals surface area contributed by atoms with E-state index in [1.165, 1.54) is 0 Å². The van der Waals surface area contributed by atoms with Crippen molar-refractivity contribution < 1.29 is 22.4 Å². The van der Waals surface area contributed by atoms with Gasteiger partial charge in [-0.1, -0.05) is 5.16 Å². The van der Waals surface area contributed by atoms with Crippen LogP contribution in [0, 0.1) is 0 Å². The van der Waals surface area contributed by atoms with Gasteiger partial charge >= 0.3 is 6.18 Å². The Bertz CT molecular complexity index is 341. The van der Waals surface area contributed by atoms with Crippen molar-refractivity contribution in [3.63, 3.8) is 0 Å². The van der Waals surface area contributed by atoms with E-state index in [-0.39, 0.29) is 13.0 Å². The molecule has 0 aliphatic rings. The minimum atomic E-state index is -4.30. The molecule has 1 N–H and O–H groups in total. The van der Waals surface area contributed by atoms with E-state index < -0.39 is 12.8 Å². The molecule has 0 fully saturated rings. The second-order valence-corrected chi connectivity index (χ2v) is 3.73. The summed E-state index contributed by atoms with van der Waals surface area (Å²) in [6, 6.07) is 0. The van der Waals surface area contributed by atoms with Crippen LogP contribution in [0.4, 0.5) is 13.2 Å². The average molecular weight is 267 g/mol. The van der Waals surface area contributed by atoms with Crippen LogP contribution in [0.15, 0.2) is 4.52 Å². The summed E-state index contributed by atoms with van der Waals surface area (Å²) < 4.78 is 44.7. The van der Waals surface area contributed by atoms with Gasteiger partial charge in [0.25, 0.3) is 0 Å². The third-order valence-electron chi connectivity index (χ3n) is 2.06. The zero-order chi connectivity index (χ0) is 13.4. The third-order valence-corrected chi connectivity index (χ3v) is 2.06. The number of nitrogens with one attached hydrogen (secondary N) is 1. The van der Waals surface area contributed by atoms with Gasteiger partial charge in [0.2, 0.25) is 5.89 Å². The molecule has 5 nitrogen and oxygen atoms in total. The molecule has 1 rings (SSSR count). The van der Waals surface area contributed by atoms with E-state index in [1.807, 2.05) is 7.05 Å². The van der Waals surface area contributed by atoms with E-state index in [0.29, 0.717) is 18.1 Å². The van der Waals surface area contributed by atoms with Crippen molar-refractivity contribution in [2.75, 3.05) is 26.8 Å². The number of ether oxygens (including phenoxy) is 1. The van der Waals surface area contributed by atoms with E-state index in [0.717, 1.165) is 13.0 Å². The molecule has 18 heavy (non-hydrogen) atoms. The highest BCUT2D eigenvalue weighted by Crippen LogP contribution is 2.14. The van der Waals surface area contributed by atoms with Gasteiger partial charge in [0.1, 0.15) is 6.61 Å². The number of rotatable bonds is 8. The highest BCUT2D eigenvalue weighted by atomic mass is 19.4. The van der Waals surface area contributed by atoms with Crippen LogP contribution in [0.25, 0.3) is 0 Å². The van der Waals surface area contributed by atoms with E-state index in [9.17, 15) is 13.2 Å². The maximum Gasteiger partial charge on any atom is 0.411 e. The summed E-state index contributed by atoms with van der Waals surface area (Å²) in [7, 11) is 1.84. The monoisotopic (exact) mass is 267 g/mol. The Balaban J connectivity index is 2.19. The average Bonchev–Trinajstić information content (AvgIpc) is 2.72. The number of aromatic nitrogens is 2. The van der Waals surface area contributed by atoms with Crippen LogP contribution in [0.1, 0.15) is 18.1 Å². The van der Waals surface area contributed by atoms with Gasteiger partial charge in [0.15, 0.2) is 5.82 Å². The van der Waals surface area contributed by atoms with Gasteiger partial charge in [-0.25, -0.2) is 0 Å². The summed E-state index contributed by atoms with van der Waals surface area (Å²) in [6.45, 7) is -0.485. The van der Waals surface area contributed by atoms with Crippen molar-refractivity contribution in [2.45, 2.75) is 25.4 Å². The second-order valence-electron chi connectivity index (χ2n) is 3.73. The van der Waals surface area contributed by atoms with Crippen molar-refractivity contribution in [3.05, 3.63) is 11.7 Å². The predicted octanol–water partition coefficient (Wildman–Crippen LogP) is 1.34. The molecular weight excluding hydrogens is 251 g/mol. The van der Waals surface area contributed by atoms with E-state index in [4.69, 9.17) is 4.52 Å². The lowest BCUT2D eigenvalue weighted by Crippen LogP contribution is -2.18. The number of alkyl halides is 3. The standard InChI is InChI=1S/C10H16F3N3O2/c1-14-5-2-3-9-15-8(16-18-9)4-6-17-7-10(11,12)13/h14H,2-7H2,1H3. The summed E-state index contributed by atoms with van der Waals surface area (Å²) in [5.74, 6) is 0.868. The fraction of sp³-hybridized carbons (Fsp3) is 0.800. The first kappa shape index (κ1) is 14.9. The molecule has 0 aromatic carbocycles. The molecule has 0 saturated carbocycles. The summed E-state index contributed by atoms with van der Waals surface area (Å²) in [5.41, 5.74) is 0. The van der Waals surface area contributed by atoms with Crippen molar-refractivity contribution in [2.24, 2.45) is 0 Å². The molecule has 0 spiro atoms. The van der Waals surface area contributed by atoms with Crippen molar-refractivity contribution in [3.8, 4) is 0 Å². The molecule has 1 heterocycles. The molecule has 8 heteroatoms. The van der Waals surface area contributed by atoms with Crippen molar-refractivity contribution >= 4 is 0 Å². The molecular formula is C10H16F3N3O2. The van der Waals surface area contributed by atoms with E-state index in [2.05, 4.69) is 20.2 Å². The quantitative estimate of drug-likeness (QED) is 0.720. The van der Waals surface area contributed by atoms with Crippen molar-refractivity contribution in [1.82, 2.24) is 15.5 Å². The zero-order valence-corrected chi connectivity index (χ0v) is 10.1. The highest BCUT2D eigenvalue weighted by molar-refractivity contribution is 4.86. The molecule has 0 bridgehead atoms. The van der Waals surface area contributed by atoms with Crippen LogP contribution in [-0.2, 0) is 17.6 Å². The fourth-order valence-corrected chi connectivity index (χ4v) is 1.26. The fourth-order valence-electron chi connectivity index (χ4n) is 1.26. The number of hydrogen-bond acceptors (Lipinski definition) is 5. The van der Waals surface area contributed by atoms with Gasteiger partial charge in [0.05, 0.1) is 6.61 Å². The second kappa shape index (κ2) is 7.32. The topological polar surface area (TPSA) is 60.2 Å². The minimum absolute atomic E-state index is 0.0744. The van der Waals surface area contributed by atoms with Gasteiger partial charge < -0.3 is 14.6 Å². The lowest BCUT2D eigenvalue weighted by atomic mass is 10.3. The normalized spacial score (nSPS) is 12.0. The molecule has 0 radical (unpaired) electrons. The van der Waals surface area contributed by atoms with Gasteiger partial charge in [-0.2, -0.15) is 18.2 Å². The maximum atomic E-state index is 11.8. The van der Waals surface area contributed by atoms with Gasteiger partial charge in [-0.05, 0) is 20.0 Å². The molecule has 0 saturated heterocycles. The summed E-state index contributed by atoms with van der Waals surface area (Å²) in [5, 5.41) is 6.65. The van der Waals surface area contributed by atoms with Gasteiger partial charge in [-0.15, -0.1) is 0 Å². The first-order valence-corrected chi connectivity index (χ1v) is 5.62. The van der Waals surface area contributed by atoms with E-state index in [1.54, 1.807) is 0 Å². The third kappa shape index (κ3) is 6.55. The number of hydrogen-bond donors (Lipinski definition) is 1. The Kier molecular flexibility index (Phi) is 6.06. The summed E-state index contributed by atoms with van der Waals surface area (Å²) in [6.07, 6.45) is -2.57. The number of nitrogens with zero attached hydrogens (tertiary/aromatic N) is 2. The molecule has 1 aromatic rings. The molecule has 1 aromatic heterocycles. The largest absolute Gasteiger partial charge is 0.411 e. The molecule has 0 atom stereocenters. The maximum absolute atomic E-state index is 11.8. The Hall–Kier alpha value is -1.15. The highest BCUT2D eigenvalue weighted by Gasteiger charge is 2.27. The number of halogens is 3. The van der Waals surface area contributed by atoms with Gasteiger partial charge in [-0.3, -0.25) is 0 Å². The first-order chi connectivity index (χ1) is 8.51. The SMILES string of the molecule is CNCCCc1nc(CCOCC(F)(F)F)no1. The lowest BCUT2D eigenvalue weighted by Gasteiger charge is -2.05. The zero-order valence-electron chi connectivity index (χ0n) is 10.1. The molecule has 0 unspecified atom stereocenters. The Morgan fingerprint density at radius 3 is 2.78 bits per heavy atom. The number of aryl methyl sites for hydroxylation is 1. The summed E-state index contributed by atoms with van der Waals surface area (Å²) >= 11 is 0. The Labute approximate surface area is 103 Å². The van der Waals surface area contributed by atoms with E-state index >= 15 is 0 Å². The summed E-state index contributed by atoms with van der Waals surface area (Å²) in [4.78, 5) is 4.05. The predicted molar refractivity (Wildman–Crippen MR) is 57.1 cm³/mol. The minimum Gasteiger partial charge on any atom is -0.372 e. The Morgan fingerprint density at radius 2 is 2.11 bits per heavy atom. The van der Waals surface area contributed by atoms with Crippen LogP contribution in [0.2, 0.25) is 0 Å². The molecule has 0 aliphatic carbocycles. The molecule has 0 aliphatic heterocycles. The molecule has 104 valence electrons. The van der Waals surface area contributed by atoms with Crippen LogP contribution < -0.4 is 5.32 Å². The smallest absolute Gasteiger partial charge is 0.372 e. The van der Waals surface area contributed by atoms with Crippen LogP contribution in [0.3, 0.4) is 0 Å². The lowest BCUT2D eigenvalue weighted by molar-refractivity contribution is -0.173. The Morgan fingerprint density at radius 1 is 1.33 bits per heavy atom. The first-order valence-electron chi connectivity index (χ1n) is 5.62. The molecule has 0 amide bonds. The van der Waals surface area contributed by atoms with Crippen LogP contribution >= 0.6 is 0 Å². The van der Waals surface area contributed by atoms with Crippen LogP contribution in [-0.4, -0.2) is 43.1 Å².